The maximum atomic E-state index is 12.8. The monoisotopic (exact) mass is 412 g/mol. The van der Waals surface area contributed by atoms with Gasteiger partial charge in [0.15, 0.2) is 0 Å². The summed E-state index contributed by atoms with van der Waals surface area (Å²) in [4.78, 5) is 27.3. The van der Waals surface area contributed by atoms with Crippen LogP contribution in [-0.2, 0) is 9.59 Å². The molecule has 0 radical (unpaired) electrons. The number of para-hydroxylation sites is 1. The van der Waals surface area contributed by atoms with Crippen molar-refractivity contribution in [3.8, 4) is 5.75 Å². The van der Waals surface area contributed by atoms with Crippen LogP contribution in [0.4, 0.5) is 0 Å². The number of amides is 2. The van der Waals surface area contributed by atoms with Crippen molar-refractivity contribution in [3.05, 3.63) is 29.8 Å². The standard InChI is InChI=1S/C25H36N2O3/c1-18(2)26-23(28)16-20-17-25(30-22-10-6-5-9-21(20)22)11-13-27(14-12-25)24(29)15-19-7-3-4-8-19/h5-6,9-10,18-20H,3-4,7-8,11-17H2,1-2H3,(H,26,28). The van der Waals surface area contributed by atoms with Gasteiger partial charge in [0, 0.05) is 50.7 Å². The van der Waals surface area contributed by atoms with Crippen LogP contribution in [-0.4, -0.2) is 41.4 Å². The largest absolute Gasteiger partial charge is 0.487 e. The highest BCUT2D eigenvalue weighted by Gasteiger charge is 2.44. The van der Waals surface area contributed by atoms with Gasteiger partial charge in [0.2, 0.25) is 11.8 Å². The maximum Gasteiger partial charge on any atom is 0.222 e. The van der Waals surface area contributed by atoms with Gasteiger partial charge < -0.3 is 15.0 Å². The summed E-state index contributed by atoms with van der Waals surface area (Å²) in [5, 5.41) is 3.04. The molecule has 1 saturated carbocycles. The summed E-state index contributed by atoms with van der Waals surface area (Å²) >= 11 is 0. The number of fused-ring (bicyclic) bond motifs is 1. The molecule has 1 N–H and O–H groups in total. The third kappa shape index (κ3) is 4.81. The molecule has 1 aliphatic carbocycles. The number of carbonyl (C=O) groups excluding carboxylic acids is 2. The molecule has 1 aromatic carbocycles. The molecule has 1 spiro atoms. The van der Waals surface area contributed by atoms with Crippen LogP contribution in [0.2, 0.25) is 0 Å². The van der Waals surface area contributed by atoms with E-state index in [2.05, 4.69) is 11.4 Å². The van der Waals surface area contributed by atoms with Gasteiger partial charge in [-0.2, -0.15) is 0 Å². The van der Waals surface area contributed by atoms with E-state index in [1.54, 1.807) is 0 Å². The molecule has 1 unspecified atom stereocenters. The topological polar surface area (TPSA) is 58.6 Å². The van der Waals surface area contributed by atoms with Gasteiger partial charge in [-0.15, -0.1) is 0 Å². The number of nitrogens with zero attached hydrogens (tertiary/aromatic N) is 1. The van der Waals surface area contributed by atoms with Gasteiger partial charge in [-0.25, -0.2) is 0 Å². The van der Waals surface area contributed by atoms with Crippen LogP contribution in [0.1, 0.15) is 83.1 Å². The lowest BCUT2D eigenvalue weighted by Gasteiger charge is -2.47. The van der Waals surface area contributed by atoms with Crippen molar-refractivity contribution in [2.24, 2.45) is 5.92 Å². The van der Waals surface area contributed by atoms with Crippen molar-refractivity contribution in [3.63, 3.8) is 0 Å². The molecular weight excluding hydrogens is 376 g/mol. The fourth-order valence-corrected chi connectivity index (χ4v) is 5.59. The van der Waals surface area contributed by atoms with Crippen LogP contribution in [0.3, 0.4) is 0 Å². The first kappa shape index (κ1) is 21.2. The van der Waals surface area contributed by atoms with E-state index in [0.29, 0.717) is 24.7 Å². The van der Waals surface area contributed by atoms with Crippen molar-refractivity contribution < 1.29 is 14.3 Å². The first-order valence-corrected chi connectivity index (χ1v) is 11.8. The molecule has 4 rings (SSSR count). The van der Waals surface area contributed by atoms with Crippen LogP contribution < -0.4 is 10.1 Å². The number of carbonyl (C=O) groups is 2. The summed E-state index contributed by atoms with van der Waals surface area (Å²) in [5.41, 5.74) is 0.878. The highest BCUT2D eigenvalue weighted by Crippen LogP contribution is 2.46. The molecule has 5 heteroatoms. The molecule has 5 nitrogen and oxygen atoms in total. The highest BCUT2D eigenvalue weighted by molar-refractivity contribution is 5.77. The van der Waals surface area contributed by atoms with Crippen LogP contribution in [0, 0.1) is 5.92 Å². The average molecular weight is 413 g/mol. The Labute approximate surface area is 180 Å². The zero-order chi connectivity index (χ0) is 21.1. The number of ether oxygens (including phenoxy) is 1. The number of hydrogen-bond acceptors (Lipinski definition) is 3. The fourth-order valence-electron chi connectivity index (χ4n) is 5.59. The Morgan fingerprint density at radius 1 is 1.13 bits per heavy atom. The van der Waals surface area contributed by atoms with Gasteiger partial charge in [-0.05, 0) is 50.7 Å². The van der Waals surface area contributed by atoms with E-state index in [1.165, 1.54) is 25.7 Å². The Kier molecular flexibility index (Phi) is 6.35. The highest BCUT2D eigenvalue weighted by atomic mass is 16.5. The molecule has 0 aromatic heterocycles. The maximum absolute atomic E-state index is 12.8. The zero-order valence-corrected chi connectivity index (χ0v) is 18.5. The Morgan fingerprint density at radius 2 is 1.83 bits per heavy atom. The quantitative estimate of drug-likeness (QED) is 0.779. The molecule has 0 bridgehead atoms. The predicted octanol–water partition coefficient (Wildman–Crippen LogP) is 4.41. The van der Waals surface area contributed by atoms with Crippen LogP contribution in [0.5, 0.6) is 5.75 Å². The lowest BCUT2D eigenvalue weighted by Crippen LogP contribution is -2.52. The molecule has 30 heavy (non-hydrogen) atoms. The van der Waals surface area contributed by atoms with Gasteiger partial charge in [0.05, 0.1) is 0 Å². The average Bonchev–Trinajstić information content (AvgIpc) is 3.21. The number of hydrogen-bond donors (Lipinski definition) is 1. The minimum atomic E-state index is -0.263. The molecule has 2 amide bonds. The first-order chi connectivity index (χ1) is 14.4. The van der Waals surface area contributed by atoms with E-state index in [1.807, 2.05) is 36.9 Å². The number of rotatable bonds is 5. The Hall–Kier alpha value is -2.04. The number of nitrogens with one attached hydrogen (secondary N) is 1. The third-order valence-corrected chi connectivity index (χ3v) is 7.15. The second kappa shape index (κ2) is 8.99. The third-order valence-electron chi connectivity index (χ3n) is 7.15. The van der Waals surface area contributed by atoms with Crippen LogP contribution >= 0.6 is 0 Å². The summed E-state index contributed by atoms with van der Waals surface area (Å²) in [5.74, 6) is 2.09. The number of benzene rings is 1. The molecular formula is C25H36N2O3. The summed E-state index contributed by atoms with van der Waals surface area (Å²) in [6, 6.07) is 8.30. The summed E-state index contributed by atoms with van der Waals surface area (Å²) in [6.07, 6.45) is 8.73. The van der Waals surface area contributed by atoms with E-state index in [-0.39, 0.29) is 23.5 Å². The minimum absolute atomic E-state index is 0.103. The molecule has 2 aliphatic heterocycles. The van der Waals surface area contributed by atoms with Crippen molar-refractivity contribution in [1.82, 2.24) is 10.2 Å². The van der Waals surface area contributed by atoms with Gasteiger partial charge in [0.25, 0.3) is 0 Å². The molecule has 2 fully saturated rings. The fraction of sp³-hybridized carbons (Fsp3) is 0.680. The van der Waals surface area contributed by atoms with Crippen molar-refractivity contribution in [1.29, 1.82) is 0 Å². The lowest BCUT2D eigenvalue weighted by molar-refractivity contribution is -0.136. The van der Waals surface area contributed by atoms with E-state index in [0.717, 1.165) is 43.7 Å². The summed E-state index contributed by atoms with van der Waals surface area (Å²) in [6.45, 7) is 5.52. The Morgan fingerprint density at radius 3 is 2.53 bits per heavy atom. The van der Waals surface area contributed by atoms with Gasteiger partial charge in [0.1, 0.15) is 11.4 Å². The molecule has 1 atom stereocenters. The van der Waals surface area contributed by atoms with Crippen LogP contribution in [0.15, 0.2) is 24.3 Å². The number of piperidine rings is 1. The van der Waals surface area contributed by atoms with E-state index < -0.39 is 0 Å². The zero-order valence-electron chi connectivity index (χ0n) is 18.5. The second-order valence-corrected chi connectivity index (χ2v) is 9.89. The molecule has 3 aliphatic rings. The van der Waals surface area contributed by atoms with Crippen LogP contribution in [0.25, 0.3) is 0 Å². The first-order valence-electron chi connectivity index (χ1n) is 11.8. The SMILES string of the molecule is CC(C)NC(=O)CC1CC2(CCN(C(=O)CC3CCCC3)CC2)Oc2ccccc21. The molecule has 1 aromatic rings. The Bertz CT molecular complexity index is 761. The molecule has 2 heterocycles. The summed E-state index contributed by atoms with van der Waals surface area (Å²) in [7, 11) is 0. The molecule has 164 valence electrons. The normalized spacial score (nSPS) is 23.3. The van der Waals surface area contributed by atoms with E-state index >= 15 is 0 Å². The van der Waals surface area contributed by atoms with Crippen molar-refractivity contribution in [2.45, 2.75) is 89.2 Å². The van der Waals surface area contributed by atoms with E-state index in [9.17, 15) is 9.59 Å². The summed E-state index contributed by atoms with van der Waals surface area (Å²) < 4.78 is 6.55. The van der Waals surface area contributed by atoms with Gasteiger partial charge >= 0.3 is 0 Å². The van der Waals surface area contributed by atoms with Gasteiger partial charge in [-0.1, -0.05) is 31.0 Å². The van der Waals surface area contributed by atoms with Gasteiger partial charge in [-0.3, -0.25) is 9.59 Å². The number of likely N-dealkylation sites (tertiary alicyclic amines) is 1. The molecule has 1 saturated heterocycles. The van der Waals surface area contributed by atoms with E-state index in [4.69, 9.17) is 4.74 Å². The van der Waals surface area contributed by atoms with Crippen molar-refractivity contribution in [2.75, 3.05) is 13.1 Å². The minimum Gasteiger partial charge on any atom is -0.487 e. The van der Waals surface area contributed by atoms with Crippen molar-refractivity contribution >= 4 is 11.8 Å². The lowest BCUT2D eigenvalue weighted by atomic mass is 9.76. The predicted molar refractivity (Wildman–Crippen MR) is 117 cm³/mol. The smallest absolute Gasteiger partial charge is 0.222 e. The second-order valence-electron chi connectivity index (χ2n) is 9.89. The Balaban J connectivity index is 1.41.